The molecule has 0 bridgehead atoms. The van der Waals surface area contributed by atoms with Crippen molar-refractivity contribution in [2.75, 3.05) is 28.2 Å². The van der Waals surface area contributed by atoms with Crippen molar-refractivity contribution in [2.45, 2.75) is 13.5 Å². The number of hydrogen-bond acceptors (Lipinski definition) is 3. The molecule has 33 heavy (non-hydrogen) atoms. The van der Waals surface area contributed by atoms with Crippen LogP contribution >= 0.6 is 11.6 Å². The average Bonchev–Trinajstić information content (AvgIpc) is 2.81. The van der Waals surface area contributed by atoms with Gasteiger partial charge >= 0.3 is 6.03 Å². The number of nitrogens with zero attached hydrogens (tertiary/aromatic N) is 2. The number of aryl methyl sites for hydroxylation is 1. The smallest absolute Gasteiger partial charge is 0.326 e. The van der Waals surface area contributed by atoms with Gasteiger partial charge in [0.1, 0.15) is 13.1 Å². The Morgan fingerprint density at radius 2 is 1.61 bits per heavy atom. The van der Waals surface area contributed by atoms with Crippen LogP contribution in [0.15, 0.2) is 72.8 Å². The number of benzene rings is 3. The van der Waals surface area contributed by atoms with Gasteiger partial charge < -0.3 is 10.6 Å². The number of carbonyl (C=O) groups is 3. The van der Waals surface area contributed by atoms with Crippen molar-refractivity contribution >= 4 is 46.5 Å². The van der Waals surface area contributed by atoms with Crippen molar-refractivity contribution in [3.05, 3.63) is 88.9 Å². The third-order valence-electron chi connectivity index (χ3n) is 5.34. The fourth-order valence-corrected chi connectivity index (χ4v) is 3.78. The van der Waals surface area contributed by atoms with Gasteiger partial charge in [0.25, 0.3) is 0 Å². The van der Waals surface area contributed by atoms with Crippen LogP contribution in [0.2, 0.25) is 5.02 Å². The summed E-state index contributed by atoms with van der Waals surface area (Å²) in [5.74, 6) is -0.670. The summed E-state index contributed by atoms with van der Waals surface area (Å²) >= 11 is 6.14. The van der Waals surface area contributed by atoms with Crippen molar-refractivity contribution in [3.8, 4) is 0 Å². The molecule has 3 aromatic carbocycles. The van der Waals surface area contributed by atoms with Gasteiger partial charge in [-0.05, 0) is 42.8 Å². The molecule has 0 atom stereocenters. The molecule has 1 aliphatic rings. The van der Waals surface area contributed by atoms with Crippen molar-refractivity contribution in [3.63, 3.8) is 0 Å². The highest BCUT2D eigenvalue weighted by Gasteiger charge is 2.33. The number of amides is 4. The van der Waals surface area contributed by atoms with E-state index in [0.717, 1.165) is 11.1 Å². The molecule has 0 spiro atoms. The van der Waals surface area contributed by atoms with Gasteiger partial charge in [-0.15, -0.1) is 0 Å². The number of fused-ring (bicyclic) bond motifs is 1. The van der Waals surface area contributed by atoms with Crippen LogP contribution in [0.4, 0.5) is 21.9 Å². The molecule has 0 aromatic heterocycles. The molecule has 0 aliphatic carbocycles. The first-order valence-corrected chi connectivity index (χ1v) is 10.8. The SMILES string of the molecule is Cc1ccc(NC(=O)N2CC(=O)N(CC(=O)NCc3ccccc3Cl)c3ccccc32)cc1. The molecule has 0 saturated carbocycles. The van der Waals surface area contributed by atoms with Gasteiger partial charge in [-0.25, -0.2) is 4.79 Å². The van der Waals surface area contributed by atoms with Gasteiger partial charge in [-0.3, -0.25) is 19.4 Å². The van der Waals surface area contributed by atoms with E-state index in [4.69, 9.17) is 11.6 Å². The first-order chi connectivity index (χ1) is 15.9. The largest absolute Gasteiger partial charge is 0.350 e. The standard InChI is InChI=1S/C25H23ClN4O3/c1-17-10-12-19(13-11-17)28-25(33)30-16-24(32)29(21-8-4-5-9-22(21)30)15-23(31)27-14-18-6-2-3-7-20(18)26/h2-13H,14-16H2,1H3,(H,27,31)(H,28,33). The van der Waals surface area contributed by atoms with Gasteiger partial charge in [0.05, 0.1) is 11.4 Å². The minimum absolute atomic E-state index is 0.159. The van der Waals surface area contributed by atoms with Crippen LogP contribution in [0.5, 0.6) is 0 Å². The van der Waals surface area contributed by atoms with Gasteiger partial charge in [0.15, 0.2) is 0 Å². The Labute approximate surface area is 197 Å². The predicted octanol–water partition coefficient (Wildman–Crippen LogP) is 4.35. The van der Waals surface area contributed by atoms with E-state index >= 15 is 0 Å². The molecule has 4 amide bonds. The molecule has 3 aromatic rings. The summed E-state index contributed by atoms with van der Waals surface area (Å²) in [6.45, 7) is 1.89. The van der Waals surface area contributed by atoms with Crippen LogP contribution < -0.4 is 20.4 Å². The summed E-state index contributed by atoms with van der Waals surface area (Å²) in [5, 5.41) is 6.19. The lowest BCUT2D eigenvalue weighted by Gasteiger charge is -2.35. The van der Waals surface area contributed by atoms with Gasteiger partial charge in [0.2, 0.25) is 11.8 Å². The third-order valence-corrected chi connectivity index (χ3v) is 5.71. The number of anilines is 3. The number of halogens is 1. The van der Waals surface area contributed by atoms with E-state index in [1.807, 2.05) is 37.3 Å². The first-order valence-electron chi connectivity index (χ1n) is 10.5. The second kappa shape index (κ2) is 9.75. The van der Waals surface area contributed by atoms with E-state index in [1.54, 1.807) is 42.5 Å². The minimum atomic E-state index is -0.414. The van der Waals surface area contributed by atoms with Crippen molar-refractivity contribution < 1.29 is 14.4 Å². The predicted molar refractivity (Wildman–Crippen MR) is 130 cm³/mol. The number of para-hydroxylation sites is 2. The zero-order valence-electron chi connectivity index (χ0n) is 18.0. The Morgan fingerprint density at radius 1 is 0.939 bits per heavy atom. The monoisotopic (exact) mass is 462 g/mol. The number of carbonyl (C=O) groups excluding carboxylic acids is 3. The molecule has 0 saturated heterocycles. The van der Waals surface area contributed by atoms with E-state index in [9.17, 15) is 14.4 Å². The molecule has 1 aliphatic heterocycles. The lowest BCUT2D eigenvalue weighted by molar-refractivity contribution is -0.123. The highest BCUT2D eigenvalue weighted by atomic mass is 35.5. The van der Waals surface area contributed by atoms with E-state index < -0.39 is 6.03 Å². The van der Waals surface area contributed by atoms with Crippen LogP contribution in [0, 0.1) is 6.92 Å². The molecule has 0 unspecified atom stereocenters. The number of urea groups is 1. The topological polar surface area (TPSA) is 81.8 Å². The van der Waals surface area contributed by atoms with Gasteiger partial charge in [0, 0.05) is 17.3 Å². The summed E-state index contributed by atoms with van der Waals surface area (Å²) in [6.07, 6.45) is 0. The highest BCUT2D eigenvalue weighted by Crippen LogP contribution is 2.33. The van der Waals surface area contributed by atoms with E-state index in [1.165, 1.54) is 9.80 Å². The first kappa shape index (κ1) is 22.4. The minimum Gasteiger partial charge on any atom is -0.350 e. The summed E-state index contributed by atoms with van der Waals surface area (Å²) in [5.41, 5.74) is 3.56. The zero-order chi connectivity index (χ0) is 23.4. The Kier molecular flexibility index (Phi) is 6.60. The molecule has 7 nitrogen and oxygen atoms in total. The van der Waals surface area contributed by atoms with Crippen LogP contribution in [0.25, 0.3) is 0 Å². The van der Waals surface area contributed by atoms with E-state index in [0.29, 0.717) is 22.1 Å². The Morgan fingerprint density at radius 3 is 2.33 bits per heavy atom. The molecule has 168 valence electrons. The third kappa shape index (κ3) is 5.15. The lowest BCUT2D eigenvalue weighted by atomic mass is 10.1. The van der Waals surface area contributed by atoms with Crippen LogP contribution in [0.3, 0.4) is 0 Å². The average molecular weight is 463 g/mol. The quantitative estimate of drug-likeness (QED) is 0.591. The van der Waals surface area contributed by atoms with Crippen LogP contribution in [-0.2, 0) is 16.1 Å². The zero-order valence-corrected chi connectivity index (χ0v) is 18.8. The lowest BCUT2D eigenvalue weighted by Crippen LogP contribution is -2.52. The van der Waals surface area contributed by atoms with Crippen LogP contribution in [-0.4, -0.2) is 30.9 Å². The second-order valence-corrected chi connectivity index (χ2v) is 8.13. The van der Waals surface area contributed by atoms with E-state index in [-0.39, 0.29) is 31.4 Å². The summed E-state index contributed by atoms with van der Waals surface area (Å²) in [7, 11) is 0. The maximum absolute atomic E-state index is 12.9. The van der Waals surface area contributed by atoms with Crippen molar-refractivity contribution in [1.82, 2.24) is 5.32 Å². The molecule has 0 fully saturated rings. The second-order valence-electron chi connectivity index (χ2n) is 7.72. The maximum Gasteiger partial charge on any atom is 0.326 e. The van der Waals surface area contributed by atoms with Gasteiger partial charge in [-0.2, -0.15) is 0 Å². The Balaban J connectivity index is 1.48. The number of nitrogens with one attached hydrogen (secondary N) is 2. The molecule has 0 radical (unpaired) electrons. The molecular weight excluding hydrogens is 440 g/mol. The summed E-state index contributed by atoms with van der Waals surface area (Å²) in [6, 6.07) is 21.3. The molecular formula is C25H23ClN4O3. The van der Waals surface area contributed by atoms with Gasteiger partial charge in [-0.1, -0.05) is 59.6 Å². The fraction of sp³-hybridized carbons (Fsp3) is 0.160. The normalized spacial score (nSPS) is 12.8. The van der Waals surface area contributed by atoms with E-state index in [2.05, 4.69) is 10.6 Å². The van der Waals surface area contributed by atoms with Crippen LogP contribution in [0.1, 0.15) is 11.1 Å². The summed E-state index contributed by atoms with van der Waals surface area (Å²) in [4.78, 5) is 41.2. The highest BCUT2D eigenvalue weighted by molar-refractivity contribution is 6.31. The van der Waals surface area contributed by atoms with Crippen molar-refractivity contribution in [1.29, 1.82) is 0 Å². The fourth-order valence-electron chi connectivity index (χ4n) is 3.58. The number of rotatable bonds is 5. The molecule has 4 rings (SSSR count). The van der Waals surface area contributed by atoms with Crippen molar-refractivity contribution in [2.24, 2.45) is 0 Å². The number of hydrogen-bond donors (Lipinski definition) is 2. The maximum atomic E-state index is 12.9. The Bertz CT molecular complexity index is 1200. The molecule has 1 heterocycles. The Hall–Kier alpha value is -3.84. The molecule has 2 N–H and O–H groups in total. The molecule has 8 heteroatoms. The summed E-state index contributed by atoms with van der Waals surface area (Å²) < 4.78 is 0.